The van der Waals surface area contributed by atoms with Crippen molar-refractivity contribution in [2.75, 3.05) is 13.6 Å². The lowest BCUT2D eigenvalue weighted by Gasteiger charge is -2.30. The first-order valence-electron chi connectivity index (χ1n) is 6.24. The molecule has 0 saturated heterocycles. The minimum absolute atomic E-state index is 0.145. The minimum atomic E-state index is -0.860. The lowest BCUT2D eigenvalue weighted by molar-refractivity contribution is -0.121. The molecule has 1 unspecified atom stereocenters. The summed E-state index contributed by atoms with van der Waals surface area (Å²) < 4.78 is 0. The standard InChI is InChI=1S/C13H21N3O/c1-10(15)12(8-14)13(17)9-16(2)11-6-4-3-5-7-11/h11-12,15H,3-7,9H2,1-2H3. The largest absolute Gasteiger partial charge is 0.308 e. The van der Waals surface area contributed by atoms with Gasteiger partial charge in [-0.25, -0.2) is 0 Å². The number of carbonyl (C=O) groups excluding carboxylic acids is 1. The lowest BCUT2D eigenvalue weighted by atomic mass is 9.93. The molecule has 4 heteroatoms. The van der Waals surface area contributed by atoms with Crippen LogP contribution in [0.2, 0.25) is 0 Å². The summed E-state index contributed by atoms with van der Waals surface area (Å²) in [6.07, 6.45) is 6.04. The fourth-order valence-electron chi connectivity index (χ4n) is 2.40. The molecular weight excluding hydrogens is 214 g/mol. The second-order valence-corrected chi connectivity index (χ2v) is 4.92. The van der Waals surface area contributed by atoms with Gasteiger partial charge >= 0.3 is 0 Å². The Balaban J connectivity index is 2.49. The fourth-order valence-corrected chi connectivity index (χ4v) is 2.40. The van der Waals surface area contributed by atoms with E-state index < -0.39 is 5.92 Å². The van der Waals surface area contributed by atoms with Crippen LogP contribution >= 0.6 is 0 Å². The van der Waals surface area contributed by atoms with Crippen LogP contribution in [0.3, 0.4) is 0 Å². The summed E-state index contributed by atoms with van der Waals surface area (Å²) in [7, 11) is 1.95. The predicted octanol–water partition coefficient (Wildman–Crippen LogP) is 2.00. The van der Waals surface area contributed by atoms with Crippen LogP contribution < -0.4 is 0 Å². The van der Waals surface area contributed by atoms with Gasteiger partial charge in [0.15, 0.2) is 5.78 Å². The molecule has 0 aromatic carbocycles. The Hall–Kier alpha value is -1.21. The van der Waals surface area contributed by atoms with Crippen LogP contribution in [0.4, 0.5) is 0 Å². The van der Waals surface area contributed by atoms with E-state index in [-0.39, 0.29) is 11.5 Å². The van der Waals surface area contributed by atoms with Crippen molar-refractivity contribution >= 4 is 11.5 Å². The summed E-state index contributed by atoms with van der Waals surface area (Å²) in [6.45, 7) is 1.81. The molecule has 1 aliphatic rings. The number of hydrogen-bond acceptors (Lipinski definition) is 4. The van der Waals surface area contributed by atoms with E-state index in [0.29, 0.717) is 12.6 Å². The van der Waals surface area contributed by atoms with Gasteiger partial charge in [0.2, 0.25) is 0 Å². The van der Waals surface area contributed by atoms with E-state index in [0.717, 1.165) is 12.8 Å². The lowest BCUT2D eigenvalue weighted by Crippen LogP contribution is -2.39. The van der Waals surface area contributed by atoms with Gasteiger partial charge in [-0.3, -0.25) is 9.69 Å². The first-order chi connectivity index (χ1) is 8.06. The first kappa shape index (κ1) is 13.9. The number of nitriles is 1. The summed E-state index contributed by atoms with van der Waals surface area (Å²) in [5, 5.41) is 16.3. The zero-order valence-corrected chi connectivity index (χ0v) is 10.7. The number of likely N-dealkylation sites (N-methyl/N-ethyl adjacent to an activating group) is 1. The van der Waals surface area contributed by atoms with E-state index in [1.54, 1.807) is 0 Å². The Morgan fingerprint density at radius 3 is 2.53 bits per heavy atom. The fraction of sp³-hybridized carbons (Fsp3) is 0.769. The summed E-state index contributed by atoms with van der Waals surface area (Å²) in [6, 6.07) is 2.38. The zero-order valence-electron chi connectivity index (χ0n) is 10.7. The molecule has 0 aromatic heterocycles. The third kappa shape index (κ3) is 3.94. The Bertz CT molecular complexity index is 326. The molecule has 0 bridgehead atoms. The maximum absolute atomic E-state index is 11.9. The molecule has 1 N–H and O–H groups in total. The number of ketones is 1. The van der Waals surface area contributed by atoms with E-state index >= 15 is 0 Å². The van der Waals surface area contributed by atoms with Crippen molar-refractivity contribution in [1.29, 1.82) is 10.7 Å². The predicted molar refractivity (Wildman–Crippen MR) is 67.0 cm³/mol. The molecule has 94 valence electrons. The van der Waals surface area contributed by atoms with E-state index in [1.807, 2.05) is 13.1 Å². The van der Waals surface area contributed by atoms with Gasteiger partial charge < -0.3 is 5.41 Å². The van der Waals surface area contributed by atoms with Crippen molar-refractivity contribution in [2.45, 2.75) is 45.1 Å². The quantitative estimate of drug-likeness (QED) is 0.741. The van der Waals surface area contributed by atoms with Gasteiger partial charge in [-0.2, -0.15) is 5.26 Å². The normalized spacial score (nSPS) is 18.7. The molecule has 17 heavy (non-hydrogen) atoms. The Labute approximate surface area is 103 Å². The van der Waals surface area contributed by atoms with Gasteiger partial charge in [-0.15, -0.1) is 0 Å². The van der Waals surface area contributed by atoms with Gasteiger partial charge in [0, 0.05) is 11.8 Å². The summed E-state index contributed by atoms with van der Waals surface area (Å²) >= 11 is 0. The third-order valence-electron chi connectivity index (χ3n) is 3.49. The van der Waals surface area contributed by atoms with Gasteiger partial charge in [-0.1, -0.05) is 19.3 Å². The molecule has 1 rings (SSSR count). The van der Waals surface area contributed by atoms with Crippen molar-refractivity contribution in [3.8, 4) is 6.07 Å². The molecule has 4 nitrogen and oxygen atoms in total. The van der Waals surface area contributed by atoms with Gasteiger partial charge in [0.1, 0.15) is 5.92 Å². The third-order valence-corrected chi connectivity index (χ3v) is 3.49. The summed E-state index contributed by atoms with van der Waals surface area (Å²) in [5.41, 5.74) is 0.148. The number of Topliss-reactive ketones (excluding diaryl/α,β-unsaturated/α-hetero) is 1. The molecular formula is C13H21N3O. The monoisotopic (exact) mass is 235 g/mol. The maximum Gasteiger partial charge on any atom is 0.169 e. The molecule has 1 fully saturated rings. The molecule has 0 amide bonds. The van der Waals surface area contributed by atoms with Crippen molar-refractivity contribution in [1.82, 2.24) is 4.90 Å². The molecule has 0 radical (unpaired) electrons. The number of rotatable bonds is 5. The highest BCUT2D eigenvalue weighted by Crippen LogP contribution is 2.21. The molecule has 0 heterocycles. The number of nitrogens with one attached hydrogen (secondary N) is 1. The van der Waals surface area contributed by atoms with Crippen LogP contribution in [0.15, 0.2) is 0 Å². The SMILES string of the molecule is CC(=N)C(C#N)C(=O)CN(C)C1CCCCC1. The Morgan fingerprint density at radius 1 is 1.47 bits per heavy atom. The Morgan fingerprint density at radius 2 is 2.06 bits per heavy atom. The summed E-state index contributed by atoms with van der Waals surface area (Å²) in [5.74, 6) is -1.01. The van der Waals surface area contributed by atoms with Gasteiger partial charge in [0.25, 0.3) is 0 Å². The molecule has 1 saturated carbocycles. The molecule has 1 aliphatic carbocycles. The molecule has 1 atom stereocenters. The highest BCUT2D eigenvalue weighted by Gasteiger charge is 2.25. The number of hydrogen-bond donors (Lipinski definition) is 1. The summed E-state index contributed by atoms with van der Waals surface area (Å²) in [4.78, 5) is 13.9. The second-order valence-electron chi connectivity index (χ2n) is 4.92. The maximum atomic E-state index is 11.9. The Kier molecular flexibility index (Phi) is 5.30. The number of nitrogens with zero attached hydrogens (tertiary/aromatic N) is 2. The molecule has 0 spiro atoms. The highest BCUT2D eigenvalue weighted by atomic mass is 16.1. The van der Waals surface area contributed by atoms with E-state index in [4.69, 9.17) is 10.7 Å². The van der Waals surface area contributed by atoms with E-state index in [2.05, 4.69) is 4.90 Å². The van der Waals surface area contributed by atoms with Gasteiger partial charge in [0.05, 0.1) is 12.6 Å². The first-order valence-corrected chi connectivity index (χ1v) is 6.24. The minimum Gasteiger partial charge on any atom is -0.308 e. The van der Waals surface area contributed by atoms with E-state index in [1.165, 1.54) is 26.2 Å². The molecule has 0 aliphatic heterocycles. The van der Waals surface area contributed by atoms with Crippen molar-refractivity contribution in [3.63, 3.8) is 0 Å². The van der Waals surface area contributed by atoms with Crippen molar-refractivity contribution in [3.05, 3.63) is 0 Å². The van der Waals surface area contributed by atoms with Crippen LogP contribution in [-0.4, -0.2) is 36.0 Å². The van der Waals surface area contributed by atoms with E-state index in [9.17, 15) is 4.79 Å². The number of carbonyl (C=O) groups is 1. The van der Waals surface area contributed by atoms with Crippen LogP contribution in [0.5, 0.6) is 0 Å². The zero-order chi connectivity index (χ0) is 12.8. The van der Waals surface area contributed by atoms with Crippen molar-refractivity contribution < 1.29 is 4.79 Å². The topological polar surface area (TPSA) is 68.0 Å². The van der Waals surface area contributed by atoms with Gasteiger partial charge in [-0.05, 0) is 26.8 Å². The highest BCUT2D eigenvalue weighted by molar-refractivity contribution is 6.05. The molecule has 0 aromatic rings. The van der Waals surface area contributed by atoms with Crippen LogP contribution in [0.1, 0.15) is 39.0 Å². The van der Waals surface area contributed by atoms with Crippen molar-refractivity contribution in [2.24, 2.45) is 5.92 Å². The van der Waals surface area contributed by atoms with Crippen LogP contribution in [0.25, 0.3) is 0 Å². The van der Waals surface area contributed by atoms with Crippen LogP contribution in [-0.2, 0) is 4.79 Å². The smallest absolute Gasteiger partial charge is 0.169 e. The second kappa shape index (κ2) is 6.51. The average molecular weight is 235 g/mol. The van der Waals surface area contributed by atoms with Crippen LogP contribution in [0, 0.1) is 22.7 Å². The average Bonchev–Trinajstić information content (AvgIpc) is 2.30.